The molecule has 6 heterocycles. The Bertz CT molecular complexity index is 1770. The molecule has 4 aliphatic heterocycles. The van der Waals surface area contributed by atoms with Gasteiger partial charge in [0.15, 0.2) is 5.82 Å². The van der Waals surface area contributed by atoms with Crippen molar-refractivity contribution in [2.75, 3.05) is 50.8 Å². The molecule has 11 nitrogen and oxygen atoms in total. The van der Waals surface area contributed by atoms with Gasteiger partial charge in [-0.2, -0.15) is 9.97 Å². The predicted octanol–water partition coefficient (Wildman–Crippen LogP) is 3.69. The Kier molecular flexibility index (Phi) is 8.35. The molecule has 3 N–H and O–H groups in total. The molecule has 0 spiro atoms. The van der Waals surface area contributed by atoms with E-state index < -0.39 is 23.6 Å². The van der Waals surface area contributed by atoms with Gasteiger partial charge in [-0.15, -0.1) is 0 Å². The molecular formula is C36H45F2N7O4. The molecule has 13 heteroatoms. The summed E-state index contributed by atoms with van der Waals surface area (Å²) in [6, 6.07) is 3.68. The molecule has 1 amide bonds. The van der Waals surface area contributed by atoms with Gasteiger partial charge in [0.25, 0.3) is 0 Å². The number of hydrogen-bond donors (Lipinski definition) is 3. The van der Waals surface area contributed by atoms with Gasteiger partial charge in [-0.25, -0.2) is 8.78 Å². The van der Waals surface area contributed by atoms with Gasteiger partial charge in [-0.05, 0) is 74.2 Å². The summed E-state index contributed by atoms with van der Waals surface area (Å²) in [6.07, 6.45) is 5.87. The van der Waals surface area contributed by atoms with E-state index in [1.54, 1.807) is 18.3 Å². The first-order valence-corrected chi connectivity index (χ1v) is 17.8. The first-order valence-electron chi connectivity index (χ1n) is 17.8. The van der Waals surface area contributed by atoms with E-state index in [4.69, 9.17) is 9.72 Å². The van der Waals surface area contributed by atoms with Crippen molar-refractivity contribution in [3.8, 4) is 23.0 Å². The molecule has 2 bridgehead atoms. The number of fused-ring (bicyclic) bond motifs is 5. The number of anilines is 1. The maximum atomic E-state index is 16.9. The Morgan fingerprint density at radius 1 is 1.18 bits per heavy atom. The molecule has 4 unspecified atom stereocenters. The zero-order valence-electron chi connectivity index (χ0n) is 28.2. The third-order valence-electron chi connectivity index (χ3n) is 11.7. The lowest BCUT2D eigenvalue weighted by molar-refractivity contribution is -0.119. The molecule has 6 atom stereocenters. The number of nitrogens with zero attached hydrogens (tertiary/aromatic N) is 6. The van der Waals surface area contributed by atoms with Gasteiger partial charge in [-0.3, -0.25) is 19.6 Å². The summed E-state index contributed by atoms with van der Waals surface area (Å²) >= 11 is 0. The number of aliphatic hydroxyl groups excluding tert-OH is 1. The van der Waals surface area contributed by atoms with Crippen LogP contribution in [0.4, 0.5) is 14.6 Å². The second-order valence-corrected chi connectivity index (χ2v) is 15.0. The number of amides is 1. The Hall–Kier alpha value is -3.68. The van der Waals surface area contributed by atoms with Crippen LogP contribution < -0.4 is 15.0 Å². The molecular weight excluding hydrogens is 632 g/mol. The van der Waals surface area contributed by atoms with Gasteiger partial charge < -0.3 is 25.2 Å². The molecule has 4 fully saturated rings. The topological polar surface area (TPSA) is 127 Å². The second-order valence-electron chi connectivity index (χ2n) is 15.0. The number of nitrogens with one attached hydrogen (secondary N) is 1. The normalized spacial score (nSPS) is 28.6. The lowest BCUT2D eigenvalue weighted by Crippen LogP contribution is -2.56. The minimum atomic E-state index is -0.905. The quantitative estimate of drug-likeness (QED) is 0.309. The number of halogens is 2. The third-order valence-corrected chi connectivity index (χ3v) is 11.7. The SMILES string of the molecule is CC(=O)NCC(O)CN1C2CCC1CN(c1nc(OC[C@@]34CCCN3C[C@H](F)C4)nc3c(F)c(-c4cc(O)cc5c4C(C)CC5)ncc13)C2. The largest absolute Gasteiger partial charge is 0.508 e. The number of benzene rings is 1. The number of alkyl halides is 1. The number of pyridine rings is 1. The number of phenolic OH excluding ortho intramolecular Hbond substituents is 1. The summed E-state index contributed by atoms with van der Waals surface area (Å²) in [5, 5.41) is 24.4. The van der Waals surface area contributed by atoms with E-state index in [2.05, 4.69) is 36.9 Å². The van der Waals surface area contributed by atoms with Crippen molar-refractivity contribution in [1.82, 2.24) is 30.1 Å². The zero-order valence-corrected chi connectivity index (χ0v) is 28.2. The van der Waals surface area contributed by atoms with E-state index in [0.717, 1.165) is 56.2 Å². The lowest BCUT2D eigenvalue weighted by Gasteiger charge is -2.42. The molecule has 0 saturated carbocycles. The minimum absolute atomic E-state index is 0.0529. The number of carbonyl (C=O) groups excluding carboxylic acids is 1. The van der Waals surface area contributed by atoms with Gasteiger partial charge in [0, 0.05) is 69.9 Å². The number of piperazine rings is 1. The van der Waals surface area contributed by atoms with Gasteiger partial charge >= 0.3 is 6.01 Å². The van der Waals surface area contributed by atoms with Crippen molar-refractivity contribution in [3.05, 3.63) is 35.3 Å². The third kappa shape index (κ3) is 5.87. The number of phenols is 1. The fourth-order valence-corrected chi connectivity index (χ4v) is 9.39. The van der Waals surface area contributed by atoms with E-state index >= 15 is 4.39 Å². The highest BCUT2D eigenvalue weighted by Gasteiger charge is 2.49. The van der Waals surface area contributed by atoms with Crippen molar-refractivity contribution >= 4 is 22.6 Å². The van der Waals surface area contributed by atoms with Crippen LogP contribution in [0.5, 0.6) is 11.8 Å². The molecule has 3 aromatic rings. The summed E-state index contributed by atoms with van der Waals surface area (Å²) in [5.41, 5.74) is 2.41. The summed E-state index contributed by atoms with van der Waals surface area (Å²) in [6.45, 7) is 6.86. The van der Waals surface area contributed by atoms with Crippen LogP contribution in [0.15, 0.2) is 18.3 Å². The lowest BCUT2D eigenvalue weighted by atomic mass is 9.94. The van der Waals surface area contributed by atoms with Crippen LogP contribution in [-0.4, -0.2) is 117 Å². The fourth-order valence-electron chi connectivity index (χ4n) is 9.39. The number of aromatic hydroxyl groups is 1. The van der Waals surface area contributed by atoms with Crippen LogP contribution in [0.3, 0.4) is 0 Å². The molecule has 0 radical (unpaired) electrons. The van der Waals surface area contributed by atoms with E-state index in [-0.39, 0.29) is 60.0 Å². The molecule has 2 aromatic heterocycles. The zero-order chi connectivity index (χ0) is 34.0. The number of rotatable bonds is 9. The van der Waals surface area contributed by atoms with E-state index in [9.17, 15) is 19.4 Å². The number of ether oxygens (including phenoxy) is 1. The standard InChI is InChI=1S/C36H45F2N7O4/c1-20-4-5-22-10-26(47)11-28(30(20)22)32-31(38)33-29(14-40-32)34(42-35(41-33)49-19-36-8-3-9-44(36)15-23(37)12-36)43-16-24-6-7-25(17-43)45(24)18-27(48)13-39-21(2)46/h10-11,14,20,23-25,27,47-48H,3-9,12-13,15-19H2,1-2H3,(H,39,46)/t20?,23-,24?,25?,27?,36+/m1/s1. The number of carbonyl (C=O) groups is 1. The van der Waals surface area contributed by atoms with E-state index in [1.165, 1.54) is 6.92 Å². The van der Waals surface area contributed by atoms with Crippen molar-refractivity contribution in [2.45, 2.75) is 94.6 Å². The van der Waals surface area contributed by atoms with Crippen LogP contribution >= 0.6 is 0 Å². The first kappa shape index (κ1) is 32.5. The van der Waals surface area contributed by atoms with Crippen molar-refractivity contribution in [1.29, 1.82) is 0 Å². The van der Waals surface area contributed by atoms with Crippen LogP contribution in [0.2, 0.25) is 0 Å². The average Bonchev–Trinajstić information content (AvgIpc) is 3.77. The Morgan fingerprint density at radius 3 is 2.76 bits per heavy atom. The average molecular weight is 678 g/mol. The van der Waals surface area contributed by atoms with Gasteiger partial charge in [0.05, 0.1) is 17.0 Å². The maximum Gasteiger partial charge on any atom is 0.319 e. The van der Waals surface area contributed by atoms with Gasteiger partial charge in [0.2, 0.25) is 5.91 Å². The van der Waals surface area contributed by atoms with Gasteiger partial charge in [0.1, 0.15) is 35.6 Å². The molecule has 8 rings (SSSR count). The summed E-state index contributed by atoms with van der Waals surface area (Å²) in [7, 11) is 0. The maximum absolute atomic E-state index is 16.9. The van der Waals surface area contributed by atoms with Crippen LogP contribution in [-0.2, 0) is 11.2 Å². The molecule has 1 aromatic carbocycles. The molecule has 1 aliphatic carbocycles. The van der Waals surface area contributed by atoms with E-state index in [1.807, 2.05) is 0 Å². The van der Waals surface area contributed by atoms with Gasteiger partial charge in [-0.1, -0.05) is 6.92 Å². The molecule has 4 saturated heterocycles. The second kappa shape index (κ2) is 12.6. The Labute approximate surface area is 284 Å². The van der Waals surface area contributed by atoms with Crippen LogP contribution in [0.25, 0.3) is 22.2 Å². The highest BCUT2D eigenvalue weighted by Crippen LogP contribution is 2.44. The number of aromatic nitrogens is 3. The summed E-state index contributed by atoms with van der Waals surface area (Å²) in [5.74, 6) is 0.0508. The van der Waals surface area contributed by atoms with E-state index in [0.29, 0.717) is 49.4 Å². The minimum Gasteiger partial charge on any atom is -0.508 e. The van der Waals surface area contributed by atoms with Crippen LogP contribution in [0.1, 0.15) is 69.4 Å². The van der Waals surface area contributed by atoms with Crippen LogP contribution in [0, 0.1) is 5.82 Å². The van der Waals surface area contributed by atoms with Crippen molar-refractivity contribution in [3.63, 3.8) is 0 Å². The predicted molar refractivity (Wildman–Crippen MR) is 180 cm³/mol. The van der Waals surface area contributed by atoms with Crippen molar-refractivity contribution < 1.29 is 28.5 Å². The smallest absolute Gasteiger partial charge is 0.319 e. The summed E-state index contributed by atoms with van der Waals surface area (Å²) < 4.78 is 37.8. The molecule has 262 valence electrons. The number of aryl methyl sites for hydroxylation is 1. The molecule has 49 heavy (non-hydrogen) atoms. The summed E-state index contributed by atoms with van der Waals surface area (Å²) in [4.78, 5) is 32.2. The van der Waals surface area contributed by atoms with Crippen molar-refractivity contribution in [2.24, 2.45) is 0 Å². The highest BCUT2D eigenvalue weighted by atomic mass is 19.1. The Morgan fingerprint density at radius 2 is 1.98 bits per heavy atom. The number of hydrogen-bond acceptors (Lipinski definition) is 10. The first-order chi connectivity index (χ1) is 23.6. The fraction of sp³-hybridized carbons (Fsp3) is 0.611. The highest BCUT2D eigenvalue weighted by molar-refractivity contribution is 5.92. The molecule has 5 aliphatic rings. The Balaban J connectivity index is 1.15. The number of aliphatic hydroxyl groups is 1. The monoisotopic (exact) mass is 677 g/mol.